The molecule has 2 nitrogen and oxygen atoms in total. The number of hydrogen-bond donors (Lipinski definition) is 1. The van der Waals surface area contributed by atoms with Crippen LogP contribution in [0.3, 0.4) is 0 Å². The lowest BCUT2D eigenvalue weighted by molar-refractivity contribution is 0.0867. The molecule has 5 unspecified atom stereocenters. The van der Waals surface area contributed by atoms with E-state index in [9.17, 15) is 0 Å². The topological polar surface area (TPSA) is 15.3 Å². The average molecular weight is 295 g/mol. The lowest BCUT2D eigenvalue weighted by Gasteiger charge is -2.42. The average Bonchev–Trinajstić information content (AvgIpc) is 2.46. The standard InChI is InChI=1S/C19H38N2/c1-5-7-17-8-9-19(20-6-2)18(12-17)14-21-11-10-15(3)16(4)13-21/h15-20H,5-14H2,1-4H3. The maximum atomic E-state index is 3.78. The third-order valence-electron chi connectivity index (χ3n) is 6.17. The van der Waals surface area contributed by atoms with Crippen LogP contribution < -0.4 is 5.32 Å². The van der Waals surface area contributed by atoms with E-state index in [-0.39, 0.29) is 0 Å². The van der Waals surface area contributed by atoms with Gasteiger partial charge in [-0.05, 0) is 62.4 Å². The summed E-state index contributed by atoms with van der Waals surface area (Å²) in [4.78, 5) is 2.77. The monoisotopic (exact) mass is 294 g/mol. The fraction of sp³-hybridized carbons (Fsp3) is 1.00. The molecule has 0 aromatic rings. The summed E-state index contributed by atoms with van der Waals surface area (Å²) in [6.07, 6.45) is 8.53. The van der Waals surface area contributed by atoms with Crippen LogP contribution in [0.2, 0.25) is 0 Å². The van der Waals surface area contributed by atoms with Crippen LogP contribution in [0.5, 0.6) is 0 Å². The molecule has 2 heteroatoms. The lowest BCUT2D eigenvalue weighted by Crippen LogP contribution is -2.48. The SMILES string of the molecule is CCCC1CCC(NCC)C(CN2CCC(C)C(C)C2)C1. The molecule has 1 heterocycles. The molecule has 1 aliphatic heterocycles. The van der Waals surface area contributed by atoms with E-state index in [1.54, 1.807) is 0 Å². The first-order valence-corrected chi connectivity index (χ1v) is 9.59. The van der Waals surface area contributed by atoms with Gasteiger partial charge in [0.05, 0.1) is 0 Å². The van der Waals surface area contributed by atoms with Crippen molar-refractivity contribution in [1.29, 1.82) is 0 Å². The summed E-state index contributed by atoms with van der Waals surface area (Å²) in [5.41, 5.74) is 0. The van der Waals surface area contributed by atoms with Crippen molar-refractivity contribution in [2.24, 2.45) is 23.7 Å². The number of piperidine rings is 1. The molecular weight excluding hydrogens is 256 g/mol. The van der Waals surface area contributed by atoms with Gasteiger partial charge in [-0.25, -0.2) is 0 Å². The molecule has 0 amide bonds. The zero-order valence-electron chi connectivity index (χ0n) is 14.9. The Balaban J connectivity index is 1.89. The summed E-state index contributed by atoms with van der Waals surface area (Å²) in [6.45, 7) is 14.6. The summed E-state index contributed by atoms with van der Waals surface area (Å²) in [5.74, 6) is 3.68. The van der Waals surface area contributed by atoms with Crippen molar-refractivity contribution in [2.75, 3.05) is 26.2 Å². The second kappa shape index (κ2) is 8.53. The molecule has 5 atom stereocenters. The zero-order valence-corrected chi connectivity index (χ0v) is 14.9. The van der Waals surface area contributed by atoms with Crippen molar-refractivity contribution in [3.05, 3.63) is 0 Å². The molecule has 2 fully saturated rings. The molecule has 0 radical (unpaired) electrons. The summed E-state index contributed by atoms with van der Waals surface area (Å²) in [5, 5.41) is 3.78. The van der Waals surface area contributed by atoms with Gasteiger partial charge in [-0.1, -0.05) is 40.5 Å². The third kappa shape index (κ3) is 4.96. The summed E-state index contributed by atoms with van der Waals surface area (Å²) in [7, 11) is 0. The van der Waals surface area contributed by atoms with E-state index in [0.29, 0.717) is 0 Å². The Hall–Kier alpha value is -0.0800. The van der Waals surface area contributed by atoms with Crippen LogP contribution in [-0.2, 0) is 0 Å². The second-order valence-electron chi connectivity index (χ2n) is 7.89. The van der Waals surface area contributed by atoms with E-state index in [1.807, 2.05) is 0 Å². The van der Waals surface area contributed by atoms with Crippen LogP contribution in [0, 0.1) is 23.7 Å². The highest BCUT2D eigenvalue weighted by Gasteiger charge is 2.32. The van der Waals surface area contributed by atoms with Crippen LogP contribution in [0.1, 0.15) is 66.2 Å². The van der Waals surface area contributed by atoms with Crippen LogP contribution in [-0.4, -0.2) is 37.1 Å². The van der Waals surface area contributed by atoms with Gasteiger partial charge in [0, 0.05) is 19.1 Å². The van der Waals surface area contributed by atoms with Gasteiger partial charge in [0.1, 0.15) is 0 Å². The maximum absolute atomic E-state index is 3.78. The fourth-order valence-corrected chi connectivity index (χ4v) is 4.61. The van der Waals surface area contributed by atoms with Gasteiger partial charge >= 0.3 is 0 Å². The number of hydrogen-bond acceptors (Lipinski definition) is 2. The molecule has 1 saturated carbocycles. The van der Waals surface area contributed by atoms with E-state index in [1.165, 1.54) is 58.2 Å². The summed E-state index contributed by atoms with van der Waals surface area (Å²) < 4.78 is 0. The smallest absolute Gasteiger partial charge is 0.0108 e. The van der Waals surface area contributed by atoms with Crippen molar-refractivity contribution in [3.8, 4) is 0 Å². The van der Waals surface area contributed by atoms with Crippen LogP contribution >= 0.6 is 0 Å². The molecule has 21 heavy (non-hydrogen) atoms. The number of rotatable bonds is 6. The minimum atomic E-state index is 0.776. The van der Waals surface area contributed by atoms with Crippen molar-refractivity contribution >= 4 is 0 Å². The Labute approximate surface area is 133 Å². The molecule has 0 aromatic heterocycles. The Kier molecular flexibility index (Phi) is 7.01. The van der Waals surface area contributed by atoms with Crippen molar-refractivity contribution < 1.29 is 0 Å². The van der Waals surface area contributed by atoms with Gasteiger partial charge in [-0.3, -0.25) is 0 Å². The number of nitrogens with one attached hydrogen (secondary N) is 1. The molecule has 0 aromatic carbocycles. The minimum absolute atomic E-state index is 0.776. The Bertz CT molecular complexity index is 291. The first-order valence-electron chi connectivity index (χ1n) is 9.59. The molecular formula is C19H38N2. The fourth-order valence-electron chi connectivity index (χ4n) is 4.61. The van der Waals surface area contributed by atoms with E-state index < -0.39 is 0 Å². The van der Waals surface area contributed by atoms with Gasteiger partial charge in [0.25, 0.3) is 0 Å². The summed E-state index contributed by atoms with van der Waals surface area (Å²) in [6, 6.07) is 0.776. The van der Waals surface area contributed by atoms with Gasteiger partial charge in [0.15, 0.2) is 0 Å². The van der Waals surface area contributed by atoms with Gasteiger partial charge in [-0.2, -0.15) is 0 Å². The van der Waals surface area contributed by atoms with Crippen LogP contribution in [0.4, 0.5) is 0 Å². The number of nitrogens with zero attached hydrogens (tertiary/aromatic N) is 1. The molecule has 124 valence electrons. The Morgan fingerprint density at radius 2 is 1.86 bits per heavy atom. The van der Waals surface area contributed by atoms with Gasteiger partial charge < -0.3 is 10.2 Å². The molecule has 2 aliphatic rings. The molecule has 0 spiro atoms. The highest BCUT2D eigenvalue weighted by Crippen LogP contribution is 2.34. The Morgan fingerprint density at radius 1 is 1.05 bits per heavy atom. The van der Waals surface area contributed by atoms with Crippen LogP contribution in [0.25, 0.3) is 0 Å². The molecule has 1 N–H and O–H groups in total. The zero-order chi connectivity index (χ0) is 15.2. The second-order valence-corrected chi connectivity index (χ2v) is 7.89. The first-order chi connectivity index (χ1) is 10.1. The highest BCUT2D eigenvalue weighted by atomic mass is 15.1. The largest absolute Gasteiger partial charge is 0.314 e. The van der Waals surface area contributed by atoms with Crippen molar-refractivity contribution in [1.82, 2.24) is 10.2 Å². The van der Waals surface area contributed by atoms with Gasteiger partial charge in [0.2, 0.25) is 0 Å². The van der Waals surface area contributed by atoms with Crippen LogP contribution in [0.15, 0.2) is 0 Å². The lowest BCUT2D eigenvalue weighted by atomic mass is 9.75. The predicted octanol–water partition coefficient (Wildman–Crippen LogP) is 4.16. The van der Waals surface area contributed by atoms with E-state index in [0.717, 1.165) is 36.3 Å². The normalized spacial score (nSPS) is 38.6. The quantitative estimate of drug-likeness (QED) is 0.791. The minimum Gasteiger partial charge on any atom is -0.314 e. The molecule has 0 bridgehead atoms. The van der Waals surface area contributed by atoms with E-state index >= 15 is 0 Å². The molecule has 1 saturated heterocycles. The van der Waals surface area contributed by atoms with Crippen molar-refractivity contribution in [2.45, 2.75) is 72.3 Å². The van der Waals surface area contributed by atoms with E-state index in [4.69, 9.17) is 0 Å². The van der Waals surface area contributed by atoms with Crippen molar-refractivity contribution in [3.63, 3.8) is 0 Å². The third-order valence-corrected chi connectivity index (χ3v) is 6.17. The molecule has 2 rings (SSSR count). The maximum Gasteiger partial charge on any atom is 0.0108 e. The van der Waals surface area contributed by atoms with E-state index in [2.05, 4.69) is 37.9 Å². The first kappa shape index (κ1) is 17.3. The predicted molar refractivity (Wildman–Crippen MR) is 92.6 cm³/mol. The number of likely N-dealkylation sites (tertiary alicyclic amines) is 1. The Morgan fingerprint density at radius 3 is 2.52 bits per heavy atom. The highest BCUT2D eigenvalue weighted by molar-refractivity contribution is 4.88. The van der Waals surface area contributed by atoms with Gasteiger partial charge in [-0.15, -0.1) is 0 Å². The molecule has 1 aliphatic carbocycles. The summed E-state index contributed by atoms with van der Waals surface area (Å²) >= 11 is 0.